The number of thiazole rings is 1. The normalized spacial score (nSPS) is 11.5. The van der Waals surface area contributed by atoms with E-state index in [2.05, 4.69) is 17.0 Å². The molecule has 0 saturated carbocycles. The number of carbonyl (C=O) groups is 1. The zero-order valence-electron chi connectivity index (χ0n) is 16.4. The molecule has 1 heterocycles. The maximum atomic E-state index is 12.7. The van der Waals surface area contributed by atoms with Crippen molar-refractivity contribution in [2.45, 2.75) is 26.8 Å². The van der Waals surface area contributed by atoms with Crippen molar-refractivity contribution in [1.29, 1.82) is 0 Å². The Kier molecular flexibility index (Phi) is 5.86. The first-order valence-electron chi connectivity index (χ1n) is 8.80. The molecule has 0 spiro atoms. The molecule has 3 rings (SSSR count). The van der Waals surface area contributed by atoms with Crippen LogP contribution in [0.5, 0.6) is 11.5 Å². The molecule has 6 heteroatoms. The number of terminal acetylenes is 1. The van der Waals surface area contributed by atoms with Crippen LogP contribution in [0.1, 0.15) is 16.7 Å². The number of amides is 1. The van der Waals surface area contributed by atoms with Crippen LogP contribution < -0.4 is 14.3 Å². The van der Waals surface area contributed by atoms with Crippen molar-refractivity contribution in [3.05, 3.63) is 51.8 Å². The minimum absolute atomic E-state index is 0.220. The molecule has 0 aliphatic rings. The zero-order valence-corrected chi connectivity index (χ0v) is 17.2. The highest BCUT2D eigenvalue weighted by molar-refractivity contribution is 7.16. The van der Waals surface area contributed by atoms with Crippen LogP contribution in [0.3, 0.4) is 0 Å². The Morgan fingerprint density at radius 3 is 2.54 bits per heavy atom. The van der Waals surface area contributed by atoms with E-state index in [1.165, 1.54) is 16.9 Å². The third-order valence-electron chi connectivity index (χ3n) is 4.50. The van der Waals surface area contributed by atoms with Gasteiger partial charge in [0.2, 0.25) is 0 Å². The summed E-state index contributed by atoms with van der Waals surface area (Å²) in [4.78, 5) is 17.6. The molecule has 0 fully saturated rings. The van der Waals surface area contributed by atoms with Gasteiger partial charge in [0.05, 0.1) is 27.2 Å². The minimum atomic E-state index is -0.220. The van der Waals surface area contributed by atoms with Gasteiger partial charge in [-0.2, -0.15) is 4.99 Å². The van der Waals surface area contributed by atoms with Gasteiger partial charge in [-0.1, -0.05) is 41.0 Å². The molecule has 0 aliphatic heterocycles. The number of fused-ring (bicyclic) bond motifs is 1. The van der Waals surface area contributed by atoms with E-state index in [0.29, 0.717) is 16.3 Å². The van der Waals surface area contributed by atoms with Gasteiger partial charge in [-0.15, -0.1) is 6.42 Å². The molecule has 28 heavy (non-hydrogen) atoms. The van der Waals surface area contributed by atoms with Gasteiger partial charge in [0.1, 0.15) is 21.7 Å². The summed E-state index contributed by atoms with van der Waals surface area (Å²) in [6.45, 7) is 4.31. The number of aromatic nitrogens is 1. The number of ether oxygens (including phenoxy) is 2. The van der Waals surface area contributed by atoms with Crippen LogP contribution in [0, 0.1) is 26.2 Å². The minimum Gasteiger partial charge on any atom is -0.495 e. The van der Waals surface area contributed by atoms with Crippen LogP contribution in [0.15, 0.2) is 35.3 Å². The van der Waals surface area contributed by atoms with Crippen LogP contribution in [0.2, 0.25) is 0 Å². The molecule has 0 atom stereocenters. The number of benzene rings is 2. The van der Waals surface area contributed by atoms with E-state index in [0.717, 1.165) is 21.3 Å². The topological polar surface area (TPSA) is 52.8 Å². The Morgan fingerprint density at radius 2 is 1.89 bits per heavy atom. The SMILES string of the molecule is C#CCn1c(=NC(=O)Cc2ccc(C)cc2C)sc2c(OC)ccc(OC)c21. The number of aryl methyl sites for hydroxylation is 2. The van der Waals surface area contributed by atoms with Gasteiger partial charge < -0.3 is 14.0 Å². The fraction of sp³-hybridized carbons (Fsp3) is 0.273. The Hall–Kier alpha value is -3.04. The molecule has 0 aliphatic carbocycles. The van der Waals surface area contributed by atoms with E-state index in [-0.39, 0.29) is 18.9 Å². The summed E-state index contributed by atoms with van der Waals surface area (Å²) in [6.07, 6.45) is 5.81. The van der Waals surface area contributed by atoms with E-state index < -0.39 is 0 Å². The second kappa shape index (κ2) is 8.32. The molecule has 0 saturated heterocycles. The lowest BCUT2D eigenvalue weighted by Gasteiger charge is -2.08. The number of carbonyl (C=O) groups excluding carboxylic acids is 1. The van der Waals surface area contributed by atoms with Crippen LogP contribution in [-0.4, -0.2) is 24.7 Å². The predicted octanol–water partition coefficient (Wildman–Crippen LogP) is 3.64. The first-order chi connectivity index (χ1) is 13.5. The Morgan fingerprint density at radius 1 is 1.18 bits per heavy atom. The van der Waals surface area contributed by atoms with Gasteiger partial charge >= 0.3 is 0 Å². The highest BCUT2D eigenvalue weighted by atomic mass is 32.1. The van der Waals surface area contributed by atoms with Crippen LogP contribution in [0.4, 0.5) is 0 Å². The van der Waals surface area contributed by atoms with E-state index in [1.54, 1.807) is 14.2 Å². The molecule has 0 unspecified atom stereocenters. The molecule has 144 valence electrons. The maximum absolute atomic E-state index is 12.7. The van der Waals surface area contributed by atoms with Gasteiger partial charge in [0.25, 0.3) is 5.91 Å². The number of hydrogen-bond donors (Lipinski definition) is 0. The van der Waals surface area contributed by atoms with Crippen molar-refractivity contribution < 1.29 is 14.3 Å². The van der Waals surface area contributed by atoms with Crippen molar-refractivity contribution in [3.8, 4) is 23.8 Å². The molecular weight excluding hydrogens is 372 g/mol. The molecular formula is C22H22N2O3S. The Balaban J connectivity index is 2.12. The van der Waals surface area contributed by atoms with Crippen LogP contribution >= 0.6 is 11.3 Å². The first-order valence-corrected chi connectivity index (χ1v) is 9.61. The van der Waals surface area contributed by atoms with Gasteiger partial charge in [-0.25, -0.2) is 0 Å². The molecule has 0 radical (unpaired) electrons. The summed E-state index contributed by atoms with van der Waals surface area (Å²) in [5.41, 5.74) is 4.00. The summed E-state index contributed by atoms with van der Waals surface area (Å²) in [5.74, 6) is 3.76. The Bertz CT molecular complexity index is 1150. The molecule has 3 aromatic rings. The highest BCUT2D eigenvalue weighted by Gasteiger charge is 2.16. The molecule has 2 aromatic carbocycles. The van der Waals surface area contributed by atoms with Crippen LogP contribution in [-0.2, 0) is 17.8 Å². The molecule has 0 N–H and O–H groups in total. The second-order valence-corrected chi connectivity index (χ2v) is 7.41. The quantitative estimate of drug-likeness (QED) is 0.621. The van der Waals surface area contributed by atoms with Crippen molar-refractivity contribution in [2.24, 2.45) is 4.99 Å². The van der Waals surface area contributed by atoms with Gasteiger partial charge in [-0.05, 0) is 37.1 Å². The van der Waals surface area contributed by atoms with Gasteiger partial charge in [-0.3, -0.25) is 4.79 Å². The summed E-state index contributed by atoms with van der Waals surface area (Å²) in [6, 6.07) is 9.70. The first kappa shape index (κ1) is 19.7. The summed E-state index contributed by atoms with van der Waals surface area (Å²) in [5, 5.41) is 0. The fourth-order valence-electron chi connectivity index (χ4n) is 3.13. The zero-order chi connectivity index (χ0) is 20.3. The highest BCUT2D eigenvalue weighted by Crippen LogP contribution is 2.35. The van der Waals surface area contributed by atoms with Crippen molar-refractivity contribution in [2.75, 3.05) is 14.2 Å². The summed E-state index contributed by atoms with van der Waals surface area (Å²) < 4.78 is 13.6. The summed E-state index contributed by atoms with van der Waals surface area (Å²) in [7, 11) is 3.20. The number of methoxy groups -OCH3 is 2. The van der Waals surface area contributed by atoms with E-state index in [4.69, 9.17) is 15.9 Å². The van der Waals surface area contributed by atoms with E-state index in [1.807, 2.05) is 42.7 Å². The molecule has 1 amide bonds. The third kappa shape index (κ3) is 3.80. The fourth-order valence-corrected chi connectivity index (χ4v) is 4.29. The smallest absolute Gasteiger partial charge is 0.252 e. The van der Waals surface area contributed by atoms with E-state index in [9.17, 15) is 4.79 Å². The average Bonchev–Trinajstić information content (AvgIpc) is 3.02. The average molecular weight is 394 g/mol. The van der Waals surface area contributed by atoms with Crippen LogP contribution in [0.25, 0.3) is 10.2 Å². The lowest BCUT2D eigenvalue weighted by molar-refractivity contribution is -0.117. The number of nitrogens with zero attached hydrogens (tertiary/aromatic N) is 2. The molecule has 5 nitrogen and oxygen atoms in total. The summed E-state index contributed by atoms with van der Waals surface area (Å²) >= 11 is 1.37. The number of hydrogen-bond acceptors (Lipinski definition) is 4. The van der Waals surface area contributed by atoms with Gasteiger partial charge in [0, 0.05) is 0 Å². The standard InChI is InChI=1S/C22H22N2O3S/c1-6-11-24-20-17(26-4)9-10-18(27-5)21(20)28-22(24)23-19(25)13-16-8-7-14(2)12-15(16)3/h1,7-10,12H,11,13H2,2-5H3. The van der Waals surface area contributed by atoms with Crippen molar-refractivity contribution >= 4 is 27.5 Å². The largest absolute Gasteiger partial charge is 0.495 e. The lowest BCUT2D eigenvalue weighted by Crippen LogP contribution is -2.17. The maximum Gasteiger partial charge on any atom is 0.252 e. The molecule has 0 bridgehead atoms. The van der Waals surface area contributed by atoms with E-state index >= 15 is 0 Å². The Labute approximate surface area is 168 Å². The third-order valence-corrected chi connectivity index (χ3v) is 5.59. The number of rotatable bonds is 5. The van der Waals surface area contributed by atoms with Crippen molar-refractivity contribution in [1.82, 2.24) is 4.57 Å². The second-order valence-electron chi connectivity index (χ2n) is 6.43. The van der Waals surface area contributed by atoms with Gasteiger partial charge in [0.15, 0.2) is 4.80 Å². The lowest BCUT2D eigenvalue weighted by atomic mass is 10.0. The van der Waals surface area contributed by atoms with Crippen molar-refractivity contribution in [3.63, 3.8) is 0 Å². The monoisotopic (exact) mass is 394 g/mol. The molecule has 1 aromatic heterocycles. The predicted molar refractivity (Wildman–Crippen MR) is 112 cm³/mol.